The molecule has 1 aromatic rings. The van der Waals surface area contributed by atoms with E-state index in [1.54, 1.807) is 44.5 Å². The van der Waals surface area contributed by atoms with E-state index >= 15 is 0 Å². The molecule has 1 amide bonds. The van der Waals surface area contributed by atoms with Crippen LogP contribution in [0, 0.1) is 0 Å². The van der Waals surface area contributed by atoms with Crippen molar-refractivity contribution < 1.29 is 23.7 Å². The third kappa shape index (κ3) is 3.66. The summed E-state index contributed by atoms with van der Waals surface area (Å²) in [7, 11) is 4.66. The molecule has 0 aromatic heterocycles. The van der Waals surface area contributed by atoms with Crippen LogP contribution in [0.25, 0.3) is 6.08 Å². The number of thioether (sulfide) groups is 1. The Bertz CT molecular complexity index is 722. The number of hydrogen-bond acceptors (Lipinski definition) is 8. The van der Waals surface area contributed by atoms with Gasteiger partial charge in [0, 0.05) is 13.1 Å². The molecule has 7 nitrogen and oxygen atoms in total. The van der Waals surface area contributed by atoms with Crippen LogP contribution < -0.4 is 14.2 Å². The molecule has 0 unspecified atom stereocenters. The molecule has 26 heavy (non-hydrogen) atoms. The summed E-state index contributed by atoms with van der Waals surface area (Å²) in [4.78, 5) is 13.4. The Balaban J connectivity index is 1.90. The van der Waals surface area contributed by atoms with Crippen LogP contribution in [0.3, 0.4) is 0 Å². The smallest absolute Gasteiger partial charge is 0.280 e. The van der Waals surface area contributed by atoms with Gasteiger partial charge in [-0.2, -0.15) is 0 Å². The first-order valence-electron chi connectivity index (χ1n) is 7.99. The fourth-order valence-electron chi connectivity index (χ4n) is 2.79. The molecule has 0 radical (unpaired) electrons. The van der Waals surface area contributed by atoms with Gasteiger partial charge in [0.25, 0.3) is 5.91 Å². The van der Waals surface area contributed by atoms with Gasteiger partial charge in [-0.15, -0.1) is 0 Å². The molecule has 0 atom stereocenters. The van der Waals surface area contributed by atoms with E-state index in [1.807, 2.05) is 5.01 Å². The summed E-state index contributed by atoms with van der Waals surface area (Å²) in [6, 6.07) is 3.59. The zero-order chi connectivity index (χ0) is 18.7. The minimum Gasteiger partial charge on any atom is -0.493 e. The minimum atomic E-state index is -0.129. The Kier molecular flexibility index (Phi) is 6.02. The molecule has 0 aliphatic carbocycles. The SMILES string of the molecule is COc1cc(/C=C2/SC(=S)N(N3CCOCC3)C2=O)cc(OC)c1OC. The molecule has 140 valence electrons. The lowest BCUT2D eigenvalue weighted by molar-refractivity contribution is -0.138. The van der Waals surface area contributed by atoms with Gasteiger partial charge in [0.05, 0.1) is 39.4 Å². The molecule has 0 saturated carbocycles. The number of benzene rings is 1. The van der Waals surface area contributed by atoms with Crippen LogP contribution in [0.4, 0.5) is 0 Å². The average molecular weight is 396 g/mol. The van der Waals surface area contributed by atoms with Crippen molar-refractivity contribution in [3.8, 4) is 17.2 Å². The highest BCUT2D eigenvalue weighted by atomic mass is 32.2. The Morgan fingerprint density at radius 1 is 1.12 bits per heavy atom. The normalized spacial score (nSPS) is 20.0. The molecule has 2 fully saturated rings. The predicted molar refractivity (Wildman–Crippen MR) is 104 cm³/mol. The van der Waals surface area contributed by atoms with Crippen LogP contribution in [0.1, 0.15) is 5.56 Å². The van der Waals surface area contributed by atoms with Crippen LogP contribution in [0.5, 0.6) is 17.2 Å². The van der Waals surface area contributed by atoms with Gasteiger partial charge >= 0.3 is 0 Å². The molecule has 2 heterocycles. The maximum absolute atomic E-state index is 12.8. The van der Waals surface area contributed by atoms with Crippen molar-refractivity contribution in [3.05, 3.63) is 22.6 Å². The maximum Gasteiger partial charge on any atom is 0.280 e. The molecule has 2 saturated heterocycles. The van der Waals surface area contributed by atoms with Crippen molar-refractivity contribution >= 4 is 40.3 Å². The lowest BCUT2D eigenvalue weighted by Gasteiger charge is -2.33. The summed E-state index contributed by atoms with van der Waals surface area (Å²) in [5, 5.41) is 3.49. The second-order valence-electron chi connectivity index (χ2n) is 5.52. The van der Waals surface area contributed by atoms with Crippen molar-refractivity contribution in [1.82, 2.24) is 10.0 Å². The largest absolute Gasteiger partial charge is 0.493 e. The van der Waals surface area contributed by atoms with E-state index in [0.717, 1.165) is 5.56 Å². The third-order valence-corrected chi connectivity index (χ3v) is 5.31. The number of methoxy groups -OCH3 is 3. The Hall–Kier alpha value is -1.81. The number of hydrogen-bond donors (Lipinski definition) is 0. The van der Waals surface area contributed by atoms with E-state index in [0.29, 0.717) is 52.8 Å². The number of hydrazine groups is 1. The van der Waals surface area contributed by atoms with Gasteiger partial charge in [0.15, 0.2) is 15.8 Å². The molecule has 1 aromatic carbocycles. The van der Waals surface area contributed by atoms with E-state index in [2.05, 4.69) is 0 Å². The highest BCUT2D eigenvalue weighted by Crippen LogP contribution is 2.40. The molecule has 0 spiro atoms. The van der Waals surface area contributed by atoms with E-state index < -0.39 is 0 Å². The topological polar surface area (TPSA) is 60.5 Å². The van der Waals surface area contributed by atoms with Gasteiger partial charge < -0.3 is 18.9 Å². The summed E-state index contributed by atoms with van der Waals surface area (Å²) in [6.45, 7) is 2.46. The van der Waals surface area contributed by atoms with Gasteiger partial charge in [-0.1, -0.05) is 24.0 Å². The van der Waals surface area contributed by atoms with Gasteiger partial charge in [-0.25, -0.2) is 10.0 Å². The average Bonchev–Trinajstić information content (AvgIpc) is 2.94. The van der Waals surface area contributed by atoms with Crippen molar-refractivity contribution in [2.75, 3.05) is 47.6 Å². The summed E-state index contributed by atoms with van der Waals surface area (Å²) in [6.07, 6.45) is 1.78. The quantitative estimate of drug-likeness (QED) is 0.554. The molecule has 2 aliphatic rings. The highest BCUT2D eigenvalue weighted by molar-refractivity contribution is 8.26. The van der Waals surface area contributed by atoms with Crippen molar-refractivity contribution in [1.29, 1.82) is 0 Å². The standard InChI is InChI=1S/C17H20N2O5S2/c1-21-12-8-11(9-13(22-2)15(12)23-3)10-14-16(20)19(17(25)26-14)18-4-6-24-7-5-18/h8-10H,4-7H2,1-3H3/b14-10+. The minimum absolute atomic E-state index is 0.129. The monoisotopic (exact) mass is 396 g/mol. The zero-order valence-corrected chi connectivity index (χ0v) is 16.4. The number of morpholine rings is 1. The maximum atomic E-state index is 12.8. The second kappa shape index (κ2) is 8.26. The van der Waals surface area contributed by atoms with Gasteiger partial charge in [-0.05, 0) is 23.8 Å². The summed E-state index contributed by atoms with van der Waals surface area (Å²) >= 11 is 6.68. The first-order chi connectivity index (χ1) is 12.6. The fourth-order valence-corrected chi connectivity index (χ4v) is 4.10. The first-order valence-corrected chi connectivity index (χ1v) is 9.22. The summed E-state index contributed by atoms with van der Waals surface area (Å²) < 4.78 is 21.9. The lowest BCUT2D eigenvalue weighted by atomic mass is 10.1. The number of rotatable bonds is 5. The molecule has 3 rings (SSSR count). The zero-order valence-electron chi connectivity index (χ0n) is 14.8. The van der Waals surface area contributed by atoms with Crippen LogP contribution in [-0.4, -0.2) is 67.9 Å². The lowest BCUT2D eigenvalue weighted by Crippen LogP contribution is -2.50. The molecule has 9 heteroatoms. The molecule has 0 bridgehead atoms. The van der Waals surface area contributed by atoms with E-state index in [1.165, 1.54) is 11.8 Å². The van der Waals surface area contributed by atoms with Gasteiger partial charge in [0.1, 0.15) is 0 Å². The fraction of sp³-hybridized carbons (Fsp3) is 0.412. The summed E-state index contributed by atoms with van der Waals surface area (Å²) in [5.74, 6) is 1.44. The molecule has 0 N–H and O–H groups in total. The number of carbonyl (C=O) groups is 1. The highest BCUT2D eigenvalue weighted by Gasteiger charge is 2.37. The third-order valence-electron chi connectivity index (χ3n) is 4.03. The Morgan fingerprint density at radius 3 is 2.27 bits per heavy atom. The van der Waals surface area contributed by atoms with Crippen LogP contribution in [-0.2, 0) is 9.53 Å². The van der Waals surface area contributed by atoms with E-state index in [4.69, 9.17) is 31.2 Å². The second-order valence-corrected chi connectivity index (χ2v) is 7.19. The van der Waals surface area contributed by atoms with E-state index in [9.17, 15) is 4.79 Å². The Morgan fingerprint density at radius 2 is 1.73 bits per heavy atom. The number of nitrogens with zero attached hydrogens (tertiary/aromatic N) is 2. The van der Waals surface area contributed by atoms with Crippen molar-refractivity contribution in [2.24, 2.45) is 0 Å². The van der Waals surface area contributed by atoms with E-state index in [-0.39, 0.29) is 5.91 Å². The number of ether oxygens (including phenoxy) is 4. The van der Waals surface area contributed by atoms with Crippen molar-refractivity contribution in [2.45, 2.75) is 0 Å². The van der Waals surface area contributed by atoms with Crippen molar-refractivity contribution in [3.63, 3.8) is 0 Å². The first kappa shape index (κ1) is 19.0. The predicted octanol–water partition coefficient (Wildman–Crippen LogP) is 2.16. The molecular formula is C17H20N2O5S2. The molecular weight excluding hydrogens is 376 g/mol. The van der Waals surface area contributed by atoms with Gasteiger partial charge in [0.2, 0.25) is 5.75 Å². The van der Waals surface area contributed by atoms with Crippen LogP contribution in [0.15, 0.2) is 17.0 Å². The van der Waals surface area contributed by atoms with Crippen LogP contribution >= 0.6 is 24.0 Å². The number of amides is 1. The van der Waals surface area contributed by atoms with Gasteiger partial charge in [-0.3, -0.25) is 4.79 Å². The van der Waals surface area contributed by atoms with Crippen LogP contribution in [0.2, 0.25) is 0 Å². The Labute approximate surface area is 161 Å². The molecule has 2 aliphatic heterocycles. The number of thiocarbonyl (C=S) groups is 1. The summed E-state index contributed by atoms with van der Waals surface area (Å²) in [5.41, 5.74) is 0.766. The number of carbonyl (C=O) groups excluding carboxylic acids is 1.